The van der Waals surface area contributed by atoms with Crippen molar-refractivity contribution in [1.82, 2.24) is 9.78 Å². The Hall–Kier alpha value is -1.98. The van der Waals surface area contributed by atoms with Gasteiger partial charge in [0.15, 0.2) is 0 Å². The molecule has 0 aliphatic carbocycles. The Bertz CT molecular complexity index is 746. The predicted molar refractivity (Wildman–Crippen MR) is 79.9 cm³/mol. The number of rotatable bonds is 3. The summed E-state index contributed by atoms with van der Waals surface area (Å²) < 4.78 is 1.20. The highest BCUT2D eigenvalue weighted by Gasteiger charge is 2.12. The quantitative estimate of drug-likeness (QED) is 0.856. The van der Waals surface area contributed by atoms with Gasteiger partial charge in [0, 0.05) is 11.6 Å². The Morgan fingerprint density at radius 1 is 1.40 bits per heavy atom. The monoisotopic (exact) mass is 311 g/mol. The van der Waals surface area contributed by atoms with Crippen LogP contribution in [0.4, 0.5) is 5.82 Å². The van der Waals surface area contributed by atoms with Crippen molar-refractivity contribution in [1.29, 1.82) is 0 Å². The highest BCUT2D eigenvalue weighted by molar-refractivity contribution is 6.43. The van der Waals surface area contributed by atoms with Crippen LogP contribution in [0.15, 0.2) is 41.2 Å². The van der Waals surface area contributed by atoms with Crippen molar-refractivity contribution in [2.24, 2.45) is 0 Å². The van der Waals surface area contributed by atoms with Gasteiger partial charge >= 0.3 is 0 Å². The van der Waals surface area contributed by atoms with Crippen LogP contribution in [0.25, 0.3) is 5.69 Å². The van der Waals surface area contributed by atoms with E-state index in [9.17, 15) is 9.59 Å². The summed E-state index contributed by atoms with van der Waals surface area (Å²) in [7, 11) is 0. The number of anilines is 1. The average molecular weight is 312 g/mol. The third-order valence-corrected chi connectivity index (χ3v) is 3.34. The van der Waals surface area contributed by atoms with Crippen molar-refractivity contribution < 1.29 is 4.79 Å². The Balaban J connectivity index is 2.42. The SMILES string of the molecule is C=C(C)C(=O)Nc1cc(=O)n(-c2cccc(Cl)c2Cl)[nH]1. The second-order valence-electron chi connectivity index (χ2n) is 4.15. The zero-order chi connectivity index (χ0) is 14.9. The molecule has 0 spiro atoms. The minimum Gasteiger partial charge on any atom is -0.307 e. The first-order valence-corrected chi connectivity index (χ1v) is 6.39. The number of halogens is 2. The first kappa shape index (κ1) is 14.4. The van der Waals surface area contributed by atoms with Crippen LogP contribution in [0, 0.1) is 0 Å². The van der Waals surface area contributed by atoms with E-state index in [0.717, 1.165) is 0 Å². The molecule has 0 saturated heterocycles. The van der Waals surface area contributed by atoms with Gasteiger partial charge in [0.05, 0.1) is 15.7 Å². The highest BCUT2D eigenvalue weighted by atomic mass is 35.5. The molecule has 0 aliphatic rings. The van der Waals surface area contributed by atoms with Crippen LogP contribution < -0.4 is 10.9 Å². The number of hydrogen-bond acceptors (Lipinski definition) is 2. The van der Waals surface area contributed by atoms with Crippen molar-refractivity contribution in [3.8, 4) is 5.69 Å². The van der Waals surface area contributed by atoms with E-state index < -0.39 is 0 Å². The number of nitrogens with zero attached hydrogens (tertiary/aromatic N) is 1. The fraction of sp³-hybridized carbons (Fsp3) is 0.0769. The summed E-state index contributed by atoms with van der Waals surface area (Å²) >= 11 is 12.0. The molecule has 0 radical (unpaired) electrons. The Kier molecular flexibility index (Phi) is 4.01. The lowest BCUT2D eigenvalue weighted by Crippen LogP contribution is -2.14. The maximum atomic E-state index is 11.9. The van der Waals surface area contributed by atoms with Gasteiger partial charge in [-0.25, -0.2) is 4.68 Å². The van der Waals surface area contributed by atoms with Gasteiger partial charge in [-0.1, -0.05) is 35.8 Å². The molecule has 20 heavy (non-hydrogen) atoms. The van der Waals surface area contributed by atoms with Crippen molar-refractivity contribution in [3.63, 3.8) is 0 Å². The van der Waals surface area contributed by atoms with E-state index in [1.54, 1.807) is 25.1 Å². The summed E-state index contributed by atoms with van der Waals surface area (Å²) in [6.07, 6.45) is 0. The summed E-state index contributed by atoms with van der Waals surface area (Å²) in [5.41, 5.74) is 0.366. The molecule has 1 amide bonds. The molecule has 0 bridgehead atoms. The van der Waals surface area contributed by atoms with Gasteiger partial charge in [-0.2, -0.15) is 0 Å². The lowest BCUT2D eigenvalue weighted by Gasteiger charge is -2.06. The highest BCUT2D eigenvalue weighted by Crippen LogP contribution is 2.27. The third-order valence-electron chi connectivity index (χ3n) is 2.53. The minimum atomic E-state index is -0.379. The largest absolute Gasteiger partial charge is 0.307 e. The summed E-state index contributed by atoms with van der Waals surface area (Å²) in [4.78, 5) is 23.4. The standard InChI is InChI=1S/C13H11Cl2N3O2/c1-7(2)13(20)16-10-6-11(19)18(17-10)9-5-3-4-8(14)12(9)15/h3-6,17H,1H2,2H3,(H,16,20). The fourth-order valence-electron chi connectivity index (χ4n) is 1.53. The van der Waals surface area contributed by atoms with E-state index in [4.69, 9.17) is 23.2 Å². The number of benzene rings is 1. The van der Waals surface area contributed by atoms with E-state index in [-0.39, 0.29) is 22.3 Å². The molecule has 0 atom stereocenters. The first-order chi connectivity index (χ1) is 9.40. The van der Waals surface area contributed by atoms with Gasteiger partial charge in [0.25, 0.3) is 11.5 Å². The lowest BCUT2D eigenvalue weighted by molar-refractivity contribution is -0.112. The smallest absolute Gasteiger partial charge is 0.273 e. The summed E-state index contributed by atoms with van der Waals surface area (Å²) in [5.74, 6) is -0.130. The van der Waals surface area contributed by atoms with E-state index in [2.05, 4.69) is 17.0 Å². The maximum Gasteiger partial charge on any atom is 0.273 e. The Labute approximate surface area is 124 Å². The van der Waals surface area contributed by atoms with Crippen LogP contribution in [-0.2, 0) is 4.79 Å². The molecule has 1 heterocycles. The molecule has 1 aromatic heterocycles. The minimum absolute atomic E-state index is 0.246. The fourth-order valence-corrected chi connectivity index (χ4v) is 1.91. The summed E-state index contributed by atoms with van der Waals surface area (Å²) in [5, 5.41) is 5.83. The molecule has 2 rings (SSSR count). The summed E-state index contributed by atoms with van der Waals surface area (Å²) in [6, 6.07) is 6.17. The molecular weight excluding hydrogens is 301 g/mol. The van der Waals surface area contributed by atoms with Crippen molar-refractivity contribution in [2.75, 3.05) is 5.32 Å². The van der Waals surface area contributed by atoms with Crippen LogP contribution in [0.1, 0.15) is 6.92 Å². The van der Waals surface area contributed by atoms with Crippen molar-refractivity contribution in [3.05, 3.63) is 56.8 Å². The second kappa shape index (κ2) is 5.56. The van der Waals surface area contributed by atoms with Crippen LogP contribution in [0.5, 0.6) is 0 Å². The van der Waals surface area contributed by atoms with Crippen LogP contribution >= 0.6 is 23.2 Å². The molecule has 0 saturated carbocycles. The number of hydrogen-bond donors (Lipinski definition) is 2. The lowest BCUT2D eigenvalue weighted by atomic mass is 10.3. The molecule has 2 N–H and O–H groups in total. The van der Waals surface area contributed by atoms with Crippen molar-refractivity contribution >= 4 is 34.9 Å². The van der Waals surface area contributed by atoms with Crippen LogP contribution in [0.3, 0.4) is 0 Å². The molecule has 0 aliphatic heterocycles. The van der Waals surface area contributed by atoms with E-state index in [1.165, 1.54) is 10.7 Å². The van der Waals surface area contributed by atoms with E-state index in [0.29, 0.717) is 16.3 Å². The van der Waals surface area contributed by atoms with Crippen LogP contribution in [-0.4, -0.2) is 15.7 Å². The Morgan fingerprint density at radius 3 is 2.75 bits per heavy atom. The zero-order valence-corrected chi connectivity index (χ0v) is 12.0. The molecule has 104 valence electrons. The molecule has 2 aromatic rings. The Morgan fingerprint density at radius 2 is 2.10 bits per heavy atom. The van der Waals surface area contributed by atoms with Gasteiger partial charge in [-0.15, -0.1) is 0 Å². The van der Waals surface area contributed by atoms with Crippen molar-refractivity contribution in [2.45, 2.75) is 6.92 Å². The van der Waals surface area contributed by atoms with E-state index in [1.807, 2.05) is 0 Å². The molecule has 7 heteroatoms. The number of aromatic nitrogens is 2. The number of aromatic amines is 1. The number of H-pyrrole nitrogens is 1. The third kappa shape index (κ3) is 2.79. The number of carbonyl (C=O) groups is 1. The maximum absolute atomic E-state index is 11.9. The molecule has 1 aromatic carbocycles. The number of carbonyl (C=O) groups excluding carboxylic acids is 1. The molecule has 5 nitrogen and oxygen atoms in total. The predicted octanol–water partition coefficient (Wildman–Crippen LogP) is 2.99. The topological polar surface area (TPSA) is 66.9 Å². The van der Waals surface area contributed by atoms with Gasteiger partial charge in [-0.3, -0.25) is 14.7 Å². The number of nitrogens with one attached hydrogen (secondary N) is 2. The van der Waals surface area contributed by atoms with Gasteiger partial charge in [0.1, 0.15) is 5.82 Å². The normalized spacial score (nSPS) is 10.3. The molecular formula is C13H11Cl2N3O2. The van der Waals surface area contributed by atoms with Gasteiger partial charge < -0.3 is 5.32 Å². The second-order valence-corrected chi connectivity index (χ2v) is 4.94. The molecule has 0 unspecified atom stereocenters. The number of amides is 1. The van der Waals surface area contributed by atoms with E-state index >= 15 is 0 Å². The summed E-state index contributed by atoms with van der Waals surface area (Å²) in [6.45, 7) is 5.08. The average Bonchev–Trinajstić information content (AvgIpc) is 2.73. The van der Waals surface area contributed by atoms with Crippen LogP contribution in [0.2, 0.25) is 10.0 Å². The first-order valence-electron chi connectivity index (χ1n) is 5.63. The van der Waals surface area contributed by atoms with Gasteiger partial charge in [-0.05, 0) is 19.1 Å². The zero-order valence-electron chi connectivity index (χ0n) is 10.5. The molecule has 0 fully saturated rings. The van der Waals surface area contributed by atoms with Gasteiger partial charge in [0.2, 0.25) is 0 Å².